The van der Waals surface area contributed by atoms with Gasteiger partial charge in [-0.1, -0.05) is 12.1 Å². The van der Waals surface area contributed by atoms with Crippen LogP contribution >= 0.6 is 0 Å². The normalized spacial score (nSPS) is 13.0. The van der Waals surface area contributed by atoms with Gasteiger partial charge in [-0.15, -0.1) is 0 Å². The molecule has 0 radical (unpaired) electrons. The molecule has 2 aromatic rings. The Hall–Kier alpha value is -3.68. The zero-order valence-electron chi connectivity index (χ0n) is 17.0. The number of rotatable bonds is 8. The molecule has 0 bridgehead atoms. The minimum absolute atomic E-state index is 0.187. The van der Waals surface area contributed by atoms with Crippen molar-refractivity contribution in [2.45, 2.75) is 13.0 Å². The fourth-order valence-corrected chi connectivity index (χ4v) is 2.85. The van der Waals surface area contributed by atoms with E-state index in [4.69, 9.17) is 23.7 Å². The first-order valence-electron chi connectivity index (χ1n) is 9.26. The summed E-state index contributed by atoms with van der Waals surface area (Å²) in [5.74, 6) is 1.41. The maximum atomic E-state index is 12.1. The second-order valence-electron chi connectivity index (χ2n) is 6.46. The topological polar surface area (TPSA) is 92.3 Å². The van der Waals surface area contributed by atoms with Crippen LogP contribution in [0.4, 0.5) is 0 Å². The number of carbonyl (C=O) groups is 2. The van der Waals surface area contributed by atoms with E-state index in [-0.39, 0.29) is 19.4 Å². The molecule has 0 spiro atoms. The molecule has 0 saturated carbocycles. The van der Waals surface area contributed by atoms with Gasteiger partial charge in [-0.3, -0.25) is 4.79 Å². The molecule has 158 valence electrons. The number of amides is 1. The molecule has 2 aromatic carbocycles. The first-order chi connectivity index (χ1) is 14.5. The summed E-state index contributed by atoms with van der Waals surface area (Å²) < 4.78 is 26.0. The first-order valence-corrected chi connectivity index (χ1v) is 9.26. The Balaban J connectivity index is 1.48. The first kappa shape index (κ1) is 21.0. The van der Waals surface area contributed by atoms with E-state index in [0.717, 1.165) is 11.1 Å². The lowest BCUT2D eigenvalue weighted by Gasteiger charge is -2.14. The van der Waals surface area contributed by atoms with Gasteiger partial charge in [-0.25, -0.2) is 4.79 Å². The Bertz CT molecular complexity index is 954. The fourth-order valence-electron chi connectivity index (χ4n) is 2.85. The number of methoxy groups -OCH3 is 2. The lowest BCUT2D eigenvalue weighted by atomic mass is 10.1. The van der Waals surface area contributed by atoms with Gasteiger partial charge in [-0.2, -0.15) is 0 Å². The van der Waals surface area contributed by atoms with E-state index in [1.54, 1.807) is 37.5 Å². The van der Waals surface area contributed by atoms with Crippen molar-refractivity contribution in [2.75, 3.05) is 27.6 Å². The third kappa shape index (κ3) is 5.22. The summed E-state index contributed by atoms with van der Waals surface area (Å²) in [5.41, 5.74) is 1.58. The minimum Gasteiger partial charge on any atom is -0.493 e. The lowest BCUT2D eigenvalue weighted by molar-refractivity contribution is -0.144. The number of hydrogen-bond acceptors (Lipinski definition) is 7. The summed E-state index contributed by atoms with van der Waals surface area (Å²) in [6.07, 6.45) is 2.81. The van der Waals surface area contributed by atoms with Gasteiger partial charge in [0, 0.05) is 6.08 Å². The van der Waals surface area contributed by atoms with Crippen LogP contribution in [-0.4, -0.2) is 39.5 Å². The Morgan fingerprint density at radius 1 is 1.07 bits per heavy atom. The molecule has 8 heteroatoms. The molecule has 8 nitrogen and oxygen atoms in total. The molecule has 1 aliphatic rings. The van der Waals surface area contributed by atoms with Gasteiger partial charge in [-0.05, 0) is 48.4 Å². The van der Waals surface area contributed by atoms with E-state index >= 15 is 0 Å². The number of hydrogen-bond donors (Lipinski definition) is 1. The average Bonchev–Trinajstić information content (AvgIpc) is 3.23. The second-order valence-corrected chi connectivity index (χ2v) is 6.46. The number of nitrogens with one attached hydrogen (secondary N) is 1. The van der Waals surface area contributed by atoms with Crippen molar-refractivity contribution in [2.24, 2.45) is 0 Å². The van der Waals surface area contributed by atoms with Crippen molar-refractivity contribution in [3.63, 3.8) is 0 Å². The van der Waals surface area contributed by atoms with Crippen LogP contribution in [0.1, 0.15) is 24.1 Å². The van der Waals surface area contributed by atoms with Gasteiger partial charge in [0.15, 0.2) is 29.6 Å². The Kier molecular flexibility index (Phi) is 6.79. The number of carbonyl (C=O) groups excluding carboxylic acids is 2. The zero-order valence-corrected chi connectivity index (χ0v) is 17.0. The molecule has 3 rings (SSSR count). The average molecular weight is 413 g/mol. The van der Waals surface area contributed by atoms with E-state index in [1.807, 2.05) is 19.1 Å². The zero-order chi connectivity index (χ0) is 21.5. The maximum absolute atomic E-state index is 12.1. The van der Waals surface area contributed by atoms with Crippen LogP contribution in [-0.2, 0) is 14.3 Å². The molecule has 0 unspecified atom stereocenters. The molecule has 1 N–H and O–H groups in total. The SMILES string of the molecule is COc1ccc(/C=C/C(=O)OCC(=O)N[C@H](C)c2ccc3c(c2)OCO3)cc1OC. The molecule has 1 amide bonds. The van der Waals surface area contributed by atoms with Crippen molar-refractivity contribution >= 4 is 18.0 Å². The molecular weight excluding hydrogens is 390 g/mol. The van der Waals surface area contributed by atoms with Crippen LogP contribution < -0.4 is 24.3 Å². The van der Waals surface area contributed by atoms with E-state index in [2.05, 4.69) is 5.32 Å². The molecule has 0 aliphatic carbocycles. The monoisotopic (exact) mass is 413 g/mol. The summed E-state index contributed by atoms with van der Waals surface area (Å²) in [4.78, 5) is 24.0. The van der Waals surface area contributed by atoms with Crippen LogP contribution in [0.2, 0.25) is 0 Å². The highest BCUT2D eigenvalue weighted by Gasteiger charge is 2.17. The molecule has 0 saturated heterocycles. The third-order valence-corrected chi connectivity index (χ3v) is 4.44. The summed E-state index contributed by atoms with van der Waals surface area (Å²) >= 11 is 0. The quantitative estimate of drug-likeness (QED) is 0.525. The molecule has 1 heterocycles. The van der Waals surface area contributed by atoms with Crippen LogP contribution in [0.25, 0.3) is 6.08 Å². The molecule has 1 aliphatic heterocycles. The molecule has 0 aromatic heterocycles. The predicted octanol–water partition coefficient (Wildman–Crippen LogP) is 2.87. The summed E-state index contributed by atoms with van der Waals surface area (Å²) in [7, 11) is 3.08. The van der Waals surface area contributed by atoms with E-state index in [0.29, 0.717) is 23.0 Å². The van der Waals surface area contributed by atoms with E-state index < -0.39 is 11.9 Å². The van der Waals surface area contributed by atoms with Crippen molar-refractivity contribution < 1.29 is 33.3 Å². The maximum Gasteiger partial charge on any atom is 0.331 e. The number of esters is 1. The Labute approximate surface area is 174 Å². The highest BCUT2D eigenvalue weighted by atomic mass is 16.7. The van der Waals surface area contributed by atoms with Gasteiger partial charge in [0.2, 0.25) is 6.79 Å². The minimum atomic E-state index is -0.629. The predicted molar refractivity (Wildman–Crippen MR) is 109 cm³/mol. The smallest absolute Gasteiger partial charge is 0.331 e. The largest absolute Gasteiger partial charge is 0.493 e. The van der Waals surface area contributed by atoms with Crippen LogP contribution in [0.5, 0.6) is 23.0 Å². The Morgan fingerprint density at radius 3 is 2.60 bits per heavy atom. The fraction of sp³-hybridized carbons (Fsp3) is 0.273. The van der Waals surface area contributed by atoms with Gasteiger partial charge < -0.3 is 29.0 Å². The Morgan fingerprint density at radius 2 is 1.83 bits per heavy atom. The van der Waals surface area contributed by atoms with Gasteiger partial charge in [0.05, 0.1) is 20.3 Å². The lowest BCUT2D eigenvalue weighted by Crippen LogP contribution is -2.30. The molecular formula is C22H23NO7. The van der Waals surface area contributed by atoms with Crippen molar-refractivity contribution in [3.8, 4) is 23.0 Å². The molecule has 0 fully saturated rings. The van der Waals surface area contributed by atoms with E-state index in [1.165, 1.54) is 13.2 Å². The van der Waals surface area contributed by atoms with Gasteiger partial charge in [0.1, 0.15) is 0 Å². The number of benzene rings is 2. The van der Waals surface area contributed by atoms with Crippen LogP contribution in [0.15, 0.2) is 42.5 Å². The van der Waals surface area contributed by atoms with Gasteiger partial charge >= 0.3 is 5.97 Å². The van der Waals surface area contributed by atoms with Crippen molar-refractivity contribution in [1.82, 2.24) is 5.32 Å². The highest BCUT2D eigenvalue weighted by molar-refractivity contribution is 5.89. The number of fused-ring (bicyclic) bond motifs is 1. The summed E-state index contributed by atoms with van der Waals surface area (Å²) in [6, 6.07) is 10.4. The van der Waals surface area contributed by atoms with Crippen LogP contribution in [0.3, 0.4) is 0 Å². The second kappa shape index (κ2) is 9.69. The van der Waals surface area contributed by atoms with Crippen LogP contribution in [0, 0.1) is 0 Å². The molecule has 30 heavy (non-hydrogen) atoms. The van der Waals surface area contributed by atoms with Gasteiger partial charge in [0.25, 0.3) is 5.91 Å². The summed E-state index contributed by atoms with van der Waals surface area (Å²) in [5, 5.41) is 2.78. The van der Waals surface area contributed by atoms with E-state index in [9.17, 15) is 9.59 Å². The van der Waals surface area contributed by atoms with Crippen molar-refractivity contribution in [3.05, 3.63) is 53.6 Å². The summed E-state index contributed by atoms with van der Waals surface area (Å²) in [6.45, 7) is 1.63. The third-order valence-electron chi connectivity index (χ3n) is 4.44. The standard InChI is InChI=1S/C22H23NO7/c1-14(16-6-8-18-20(11-16)30-13-29-18)23-21(24)12-28-22(25)9-5-15-4-7-17(26-2)19(10-15)27-3/h4-11,14H,12-13H2,1-3H3,(H,23,24)/b9-5+/t14-/m1/s1. The molecule has 1 atom stereocenters. The highest BCUT2D eigenvalue weighted by Crippen LogP contribution is 2.34. The number of ether oxygens (including phenoxy) is 5. The van der Waals surface area contributed by atoms with Crippen molar-refractivity contribution in [1.29, 1.82) is 0 Å².